The quantitative estimate of drug-likeness (QED) is 0.350. The van der Waals surface area contributed by atoms with Crippen LogP contribution in [0, 0.1) is 0 Å². The number of carbonyl (C=O) groups is 1. The second-order valence-corrected chi connectivity index (χ2v) is 11.4. The number of aromatic amines is 1. The Morgan fingerprint density at radius 2 is 1.68 bits per heavy atom. The molecule has 3 N–H and O–H groups in total. The number of benzene rings is 1. The molecule has 2 fully saturated rings. The van der Waals surface area contributed by atoms with Crippen LogP contribution in [0.25, 0.3) is 22.2 Å². The third kappa shape index (κ3) is 3.97. The van der Waals surface area contributed by atoms with Gasteiger partial charge in [-0.25, -0.2) is 8.42 Å². The SMILES string of the molecule is O=C(c1ccc(-c2ccncc2)nn1)N1C2CN(S(=O)(=O)c3cc4cc(Cl)ccc4[nH]3)CC1C(O)C2O. The Morgan fingerprint density at radius 3 is 2.32 bits per heavy atom. The lowest BCUT2D eigenvalue weighted by molar-refractivity contribution is 0.0352. The van der Waals surface area contributed by atoms with Crippen LogP contribution in [0.2, 0.25) is 5.02 Å². The topological polar surface area (TPSA) is 153 Å². The molecule has 6 rings (SSSR count). The molecular weight excluding hydrogens is 520 g/mol. The van der Waals surface area contributed by atoms with Gasteiger partial charge in [0.15, 0.2) is 5.69 Å². The van der Waals surface area contributed by atoms with Crippen LogP contribution in [-0.4, -0.2) is 91.3 Å². The van der Waals surface area contributed by atoms with Crippen LogP contribution < -0.4 is 0 Å². The molecule has 1 aromatic carbocycles. The number of hydrogen-bond acceptors (Lipinski definition) is 8. The summed E-state index contributed by atoms with van der Waals surface area (Å²) in [5.74, 6) is -0.545. The number of pyridine rings is 1. The van der Waals surface area contributed by atoms with Crippen LogP contribution in [0.5, 0.6) is 0 Å². The van der Waals surface area contributed by atoms with Crippen molar-refractivity contribution < 1.29 is 23.4 Å². The molecule has 4 atom stereocenters. The highest BCUT2D eigenvalue weighted by atomic mass is 35.5. The minimum absolute atomic E-state index is 0.0258. The van der Waals surface area contributed by atoms with Crippen molar-refractivity contribution in [3.8, 4) is 11.3 Å². The number of aliphatic hydroxyl groups excluding tert-OH is 2. The number of carbonyl (C=O) groups excluding carboxylic acids is 1. The van der Waals surface area contributed by atoms with Crippen LogP contribution in [-0.2, 0) is 10.0 Å². The highest BCUT2D eigenvalue weighted by molar-refractivity contribution is 7.89. The van der Waals surface area contributed by atoms with Crippen molar-refractivity contribution in [3.05, 3.63) is 71.6 Å². The fraction of sp³-hybridized carbons (Fsp3) is 0.250. The minimum Gasteiger partial charge on any atom is -0.388 e. The first kappa shape index (κ1) is 23.9. The third-order valence-electron chi connectivity index (χ3n) is 6.90. The zero-order chi connectivity index (χ0) is 25.9. The van der Waals surface area contributed by atoms with E-state index < -0.39 is 40.2 Å². The Labute approximate surface area is 216 Å². The molecule has 0 saturated carbocycles. The molecule has 3 aromatic heterocycles. The fourth-order valence-electron chi connectivity index (χ4n) is 5.02. The fourth-order valence-corrected chi connectivity index (χ4v) is 6.69. The van der Waals surface area contributed by atoms with Gasteiger partial charge in [0.1, 0.15) is 17.2 Å². The Bertz CT molecular complexity index is 1580. The Balaban J connectivity index is 1.27. The van der Waals surface area contributed by atoms with E-state index in [1.807, 2.05) is 0 Å². The Morgan fingerprint density at radius 1 is 0.973 bits per heavy atom. The van der Waals surface area contributed by atoms with Crippen molar-refractivity contribution in [2.24, 2.45) is 0 Å². The van der Waals surface area contributed by atoms with Crippen molar-refractivity contribution in [1.29, 1.82) is 0 Å². The molecule has 0 aliphatic carbocycles. The minimum atomic E-state index is -4.02. The van der Waals surface area contributed by atoms with Crippen LogP contribution >= 0.6 is 11.6 Å². The molecule has 4 aromatic rings. The first-order valence-electron chi connectivity index (χ1n) is 11.5. The van der Waals surface area contributed by atoms with Gasteiger partial charge in [-0.2, -0.15) is 4.31 Å². The predicted octanol–water partition coefficient (Wildman–Crippen LogP) is 1.29. The molecule has 13 heteroatoms. The molecule has 0 spiro atoms. The molecule has 5 heterocycles. The largest absolute Gasteiger partial charge is 0.388 e. The molecule has 37 heavy (non-hydrogen) atoms. The maximum Gasteiger partial charge on any atom is 0.275 e. The zero-order valence-electron chi connectivity index (χ0n) is 19.1. The van der Waals surface area contributed by atoms with E-state index in [2.05, 4.69) is 20.2 Å². The molecule has 0 radical (unpaired) electrons. The molecular formula is C24H21ClN6O5S. The first-order valence-corrected chi connectivity index (χ1v) is 13.3. The van der Waals surface area contributed by atoms with Crippen molar-refractivity contribution >= 4 is 38.4 Å². The highest BCUT2D eigenvalue weighted by Crippen LogP contribution is 2.35. The standard InChI is InChI=1S/C24H21ClN6O5S/c25-15-1-2-16-14(9-15)10-21(27-16)37(35,36)30-11-19-22(32)23(33)20(12-30)31(19)24(34)18-4-3-17(28-29-18)13-5-7-26-8-6-13/h1-10,19-20,22-23,27,32-33H,11-12H2. The number of nitrogens with one attached hydrogen (secondary N) is 1. The number of rotatable bonds is 4. The lowest BCUT2D eigenvalue weighted by atomic mass is 10.1. The zero-order valence-corrected chi connectivity index (χ0v) is 20.7. The molecule has 11 nitrogen and oxygen atoms in total. The van der Waals surface area contributed by atoms with E-state index in [0.717, 1.165) is 5.56 Å². The third-order valence-corrected chi connectivity index (χ3v) is 8.89. The maximum atomic E-state index is 13.5. The van der Waals surface area contributed by atoms with Gasteiger partial charge in [0, 0.05) is 47.0 Å². The van der Waals surface area contributed by atoms with E-state index in [-0.39, 0.29) is 23.8 Å². The van der Waals surface area contributed by atoms with Crippen LogP contribution in [0.4, 0.5) is 0 Å². The van der Waals surface area contributed by atoms with Gasteiger partial charge in [-0.1, -0.05) is 11.6 Å². The molecule has 1 amide bonds. The number of amides is 1. The summed E-state index contributed by atoms with van der Waals surface area (Å²) >= 11 is 6.03. The normalized spacial score (nSPS) is 24.0. The van der Waals surface area contributed by atoms with Gasteiger partial charge < -0.3 is 20.1 Å². The number of aliphatic hydroxyl groups is 2. The smallest absolute Gasteiger partial charge is 0.275 e. The number of aromatic nitrogens is 4. The molecule has 2 bridgehead atoms. The highest BCUT2D eigenvalue weighted by Gasteiger charge is 2.56. The number of nitrogens with zero attached hydrogens (tertiary/aromatic N) is 5. The maximum absolute atomic E-state index is 13.5. The van der Waals surface area contributed by atoms with Gasteiger partial charge >= 0.3 is 0 Å². The van der Waals surface area contributed by atoms with E-state index in [9.17, 15) is 23.4 Å². The molecule has 2 aliphatic rings. The van der Waals surface area contributed by atoms with Crippen LogP contribution in [0.15, 0.2) is 66.0 Å². The van der Waals surface area contributed by atoms with Gasteiger partial charge in [-0.3, -0.25) is 9.78 Å². The van der Waals surface area contributed by atoms with E-state index >= 15 is 0 Å². The summed E-state index contributed by atoms with van der Waals surface area (Å²) in [5, 5.41) is 30.6. The van der Waals surface area contributed by atoms with E-state index in [4.69, 9.17) is 11.6 Å². The number of sulfonamides is 1. The summed E-state index contributed by atoms with van der Waals surface area (Å²) in [5.41, 5.74) is 1.97. The van der Waals surface area contributed by atoms with Gasteiger partial charge in [0.25, 0.3) is 15.9 Å². The van der Waals surface area contributed by atoms with E-state index in [1.54, 1.807) is 48.8 Å². The molecule has 2 saturated heterocycles. The molecule has 4 unspecified atom stereocenters. The van der Waals surface area contributed by atoms with Gasteiger partial charge in [-0.05, 0) is 48.5 Å². The summed E-state index contributed by atoms with van der Waals surface area (Å²) in [6.07, 6.45) is 0.601. The van der Waals surface area contributed by atoms with Crippen molar-refractivity contribution in [2.45, 2.75) is 29.3 Å². The Hall–Kier alpha value is -3.42. The summed E-state index contributed by atoms with van der Waals surface area (Å²) in [6, 6.07) is 11.2. The molecule has 190 valence electrons. The summed E-state index contributed by atoms with van der Waals surface area (Å²) in [6.45, 7) is -0.386. The van der Waals surface area contributed by atoms with Crippen molar-refractivity contribution in [2.75, 3.05) is 13.1 Å². The monoisotopic (exact) mass is 540 g/mol. The number of fused-ring (bicyclic) bond motifs is 3. The number of halogens is 1. The van der Waals surface area contributed by atoms with Crippen LogP contribution in [0.3, 0.4) is 0 Å². The number of H-pyrrole nitrogens is 1. The Kier molecular flexibility index (Phi) is 5.73. The lowest BCUT2D eigenvalue weighted by Crippen LogP contribution is -2.59. The number of piperazine rings is 1. The van der Waals surface area contributed by atoms with Crippen molar-refractivity contribution in [1.82, 2.24) is 29.4 Å². The second kappa shape index (κ2) is 8.85. The van der Waals surface area contributed by atoms with Crippen LogP contribution in [0.1, 0.15) is 10.5 Å². The molecule has 2 aliphatic heterocycles. The van der Waals surface area contributed by atoms with Gasteiger partial charge in [-0.15, -0.1) is 10.2 Å². The van der Waals surface area contributed by atoms with E-state index in [0.29, 0.717) is 21.6 Å². The summed E-state index contributed by atoms with van der Waals surface area (Å²) in [7, 11) is -4.02. The predicted molar refractivity (Wildman–Crippen MR) is 133 cm³/mol. The second-order valence-electron chi connectivity index (χ2n) is 9.06. The first-order chi connectivity index (χ1) is 17.7. The number of hydrogen-bond donors (Lipinski definition) is 3. The van der Waals surface area contributed by atoms with Crippen molar-refractivity contribution in [3.63, 3.8) is 0 Å². The summed E-state index contributed by atoms with van der Waals surface area (Å²) in [4.78, 5) is 21.6. The lowest BCUT2D eigenvalue weighted by Gasteiger charge is -2.39. The van der Waals surface area contributed by atoms with Gasteiger partial charge in [0.05, 0.1) is 17.8 Å². The average molecular weight is 541 g/mol. The summed E-state index contributed by atoms with van der Waals surface area (Å²) < 4.78 is 28.1. The van der Waals surface area contributed by atoms with Gasteiger partial charge in [0.2, 0.25) is 0 Å². The average Bonchev–Trinajstić information content (AvgIpc) is 3.41. The van der Waals surface area contributed by atoms with E-state index in [1.165, 1.54) is 21.3 Å².